The fraction of sp³-hybridized carbons (Fsp3) is 0.667. The van der Waals surface area contributed by atoms with E-state index < -0.39 is 0 Å². The van der Waals surface area contributed by atoms with Crippen LogP contribution >= 0.6 is 0 Å². The molecular formula is C9H14O. The highest BCUT2D eigenvalue weighted by Crippen LogP contribution is 2.22. The van der Waals surface area contributed by atoms with E-state index in [1.165, 1.54) is 0 Å². The lowest BCUT2D eigenvalue weighted by Crippen LogP contribution is -2.01. The van der Waals surface area contributed by atoms with Gasteiger partial charge in [0.1, 0.15) is 5.78 Å². The zero-order chi connectivity index (χ0) is 7.40. The molecule has 0 aromatic rings. The summed E-state index contributed by atoms with van der Waals surface area (Å²) >= 11 is 0. The van der Waals surface area contributed by atoms with Crippen molar-refractivity contribution < 1.29 is 4.79 Å². The molecule has 1 aliphatic rings. The second-order valence-electron chi connectivity index (χ2n) is 2.80. The molecule has 1 saturated carbocycles. The molecule has 0 N–H and O–H groups in total. The summed E-state index contributed by atoms with van der Waals surface area (Å²) in [6, 6.07) is 0. The minimum absolute atomic E-state index is 0.264. The minimum Gasteiger partial charge on any atom is -0.299 e. The van der Waals surface area contributed by atoms with Crippen LogP contribution in [0.1, 0.15) is 32.6 Å². The molecule has 1 heteroatoms. The molecule has 1 rings (SSSR count). The van der Waals surface area contributed by atoms with Crippen LogP contribution in [0.15, 0.2) is 12.2 Å². The molecular weight excluding hydrogens is 124 g/mol. The summed E-state index contributed by atoms with van der Waals surface area (Å²) in [5.41, 5.74) is 0. The Morgan fingerprint density at radius 2 is 2.50 bits per heavy atom. The van der Waals surface area contributed by atoms with Crippen molar-refractivity contribution >= 4 is 5.78 Å². The molecule has 1 fully saturated rings. The van der Waals surface area contributed by atoms with Gasteiger partial charge in [0.15, 0.2) is 0 Å². The molecule has 0 aliphatic heterocycles. The maximum Gasteiger partial charge on any atom is 0.139 e. The Morgan fingerprint density at radius 3 is 3.00 bits per heavy atom. The largest absolute Gasteiger partial charge is 0.299 e. The van der Waals surface area contributed by atoms with Crippen LogP contribution in [0, 0.1) is 5.92 Å². The van der Waals surface area contributed by atoms with E-state index in [9.17, 15) is 4.79 Å². The Bertz CT molecular complexity index is 147. The summed E-state index contributed by atoms with van der Waals surface area (Å²) in [7, 11) is 0. The van der Waals surface area contributed by atoms with Gasteiger partial charge in [0.05, 0.1) is 0 Å². The molecule has 0 radical (unpaired) electrons. The van der Waals surface area contributed by atoms with Crippen molar-refractivity contribution in [3.8, 4) is 0 Å². The molecule has 1 atom stereocenters. The van der Waals surface area contributed by atoms with E-state index in [-0.39, 0.29) is 5.92 Å². The smallest absolute Gasteiger partial charge is 0.139 e. The number of hydrogen-bond acceptors (Lipinski definition) is 1. The van der Waals surface area contributed by atoms with Crippen molar-refractivity contribution in [2.24, 2.45) is 5.92 Å². The lowest BCUT2D eigenvalue weighted by Gasteiger charge is -1.96. The van der Waals surface area contributed by atoms with E-state index in [4.69, 9.17) is 0 Å². The van der Waals surface area contributed by atoms with Crippen LogP contribution in [0.5, 0.6) is 0 Å². The summed E-state index contributed by atoms with van der Waals surface area (Å²) in [6.45, 7) is 2.09. The van der Waals surface area contributed by atoms with Gasteiger partial charge < -0.3 is 0 Å². The number of hydrogen-bond donors (Lipinski definition) is 0. The second kappa shape index (κ2) is 3.55. The predicted molar refractivity (Wildman–Crippen MR) is 41.8 cm³/mol. The Balaban J connectivity index is 2.40. The van der Waals surface area contributed by atoms with Crippen LogP contribution in [0.2, 0.25) is 0 Å². The van der Waals surface area contributed by atoms with E-state index in [1.54, 1.807) is 0 Å². The van der Waals surface area contributed by atoms with Crippen molar-refractivity contribution in [2.75, 3.05) is 0 Å². The van der Waals surface area contributed by atoms with Gasteiger partial charge in [-0.3, -0.25) is 4.79 Å². The normalized spacial score (nSPS) is 26.5. The quantitative estimate of drug-likeness (QED) is 0.535. The zero-order valence-electron chi connectivity index (χ0n) is 6.47. The van der Waals surface area contributed by atoms with Gasteiger partial charge in [0.25, 0.3) is 0 Å². The highest BCUT2D eigenvalue weighted by atomic mass is 16.1. The lowest BCUT2D eigenvalue weighted by molar-refractivity contribution is -0.119. The summed E-state index contributed by atoms with van der Waals surface area (Å²) in [6.07, 6.45) is 8.18. The average molecular weight is 138 g/mol. The first-order valence-electron chi connectivity index (χ1n) is 4.04. The number of Topliss-reactive ketones (excluding diaryl/α,β-unsaturated/α-hetero) is 1. The van der Waals surface area contributed by atoms with Crippen molar-refractivity contribution in [1.82, 2.24) is 0 Å². The molecule has 0 saturated heterocycles. The van der Waals surface area contributed by atoms with Crippen molar-refractivity contribution in [3.05, 3.63) is 12.2 Å². The molecule has 0 amide bonds. The van der Waals surface area contributed by atoms with Gasteiger partial charge in [-0.05, 0) is 19.3 Å². The van der Waals surface area contributed by atoms with Gasteiger partial charge in [0, 0.05) is 12.3 Å². The molecule has 0 heterocycles. The molecule has 0 aromatic carbocycles. The van der Waals surface area contributed by atoms with E-state index >= 15 is 0 Å². The highest BCUT2D eigenvalue weighted by Gasteiger charge is 2.20. The molecule has 56 valence electrons. The molecule has 1 nitrogen and oxygen atoms in total. The van der Waals surface area contributed by atoms with E-state index in [0.717, 1.165) is 25.7 Å². The van der Waals surface area contributed by atoms with Crippen LogP contribution in [0.25, 0.3) is 0 Å². The average Bonchev–Trinajstić information content (AvgIpc) is 2.31. The number of rotatable bonds is 2. The topological polar surface area (TPSA) is 17.1 Å². The van der Waals surface area contributed by atoms with Gasteiger partial charge in [-0.2, -0.15) is 0 Å². The standard InChI is InChI=1S/C9H14O/c1-2-3-5-8-6-4-7-9(8)10/h3,5,8H,2,4,6-7H2,1H3. The molecule has 10 heavy (non-hydrogen) atoms. The first kappa shape index (κ1) is 7.52. The first-order chi connectivity index (χ1) is 4.84. The highest BCUT2D eigenvalue weighted by molar-refractivity contribution is 5.84. The van der Waals surface area contributed by atoms with Crippen LogP contribution in [0.4, 0.5) is 0 Å². The molecule has 0 bridgehead atoms. The molecule has 1 aliphatic carbocycles. The number of carbonyl (C=O) groups is 1. The van der Waals surface area contributed by atoms with Crippen LogP contribution in [-0.2, 0) is 4.79 Å². The second-order valence-corrected chi connectivity index (χ2v) is 2.80. The van der Waals surface area contributed by atoms with Crippen LogP contribution < -0.4 is 0 Å². The maximum absolute atomic E-state index is 11.0. The van der Waals surface area contributed by atoms with Crippen LogP contribution in [-0.4, -0.2) is 5.78 Å². The van der Waals surface area contributed by atoms with Gasteiger partial charge in [-0.25, -0.2) is 0 Å². The Kier molecular flexibility index (Phi) is 2.67. The number of allylic oxidation sites excluding steroid dienone is 2. The first-order valence-corrected chi connectivity index (χ1v) is 4.04. The van der Waals surface area contributed by atoms with Crippen molar-refractivity contribution in [2.45, 2.75) is 32.6 Å². The number of ketones is 1. The fourth-order valence-corrected chi connectivity index (χ4v) is 1.35. The Morgan fingerprint density at radius 1 is 1.70 bits per heavy atom. The fourth-order valence-electron chi connectivity index (χ4n) is 1.35. The Labute approximate surface area is 62.1 Å². The predicted octanol–water partition coefficient (Wildman–Crippen LogP) is 2.32. The number of carbonyl (C=O) groups excluding carboxylic acids is 1. The van der Waals surface area contributed by atoms with E-state index in [2.05, 4.69) is 19.1 Å². The Hall–Kier alpha value is -0.590. The summed E-state index contributed by atoms with van der Waals surface area (Å²) in [5.74, 6) is 0.699. The molecule has 0 spiro atoms. The summed E-state index contributed by atoms with van der Waals surface area (Å²) < 4.78 is 0. The van der Waals surface area contributed by atoms with E-state index in [0.29, 0.717) is 5.78 Å². The summed E-state index contributed by atoms with van der Waals surface area (Å²) in [5, 5.41) is 0. The van der Waals surface area contributed by atoms with Gasteiger partial charge in [0.2, 0.25) is 0 Å². The lowest BCUT2D eigenvalue weighted by atomic mass is 10.1. The van der Waals surface area contributed by atoms with Gasteiger partial charge >= 0.3 is 0 Å². The SMILES string of the molecule is CCC=CC1CCCC1=O. The van der Waals surface area contributed by atoms with Crippen molar-refractivity contribution in [3.63, 3.8) is 0 Å². The van der Waals surface area contributed by atoms with Gasteiger partial charge in [-0.15, -0.1) is 0 Å². The zero-order valence-corrected chi connectivity index (χ0v) is 6.47. The third kappa shape index (κ3) is 1.69. The minimum atomic E-state index is 0.264. The third-order valence-corrected chi connectivity index (χ3v) is 1.96. The van der Waals surface area contributed by atoms with Crippen LogP contribution in [0.3, 0.4) is 0 Å². The monoisotopic (exact) mass is 138 g/mol. The molecule has 0 aromatic heterocycles. The van der Waals surface area contributed by atoms with E-state index in [1.807, 2.05) is 0 Å². The third-order valence-electron chi connectivity index (χ3n) is 1.96. The maximum atomic E-state index is 11.0. The molecule has 1 unspecified atom stereocenters. The van der Waals surface area contributed by atoms with Crippen molar-refractivity contribution in [1.29, 1.82) is 0 Å². The van der Waals surface area contributed by atoms with Gasteiger partial charge in [-0.1, -0.05) is 19.1 Å². The summed E-state index contributed by atoms with van der Waals surface area (Å²) in [4.78, 5) is 11.0.